The summed E-state index contributed by atoms with van der Waals surface area (Å²) in [5.41, 5.74) is 2.79. The first-order valence-corrected chi connectivity index (χ1v) is 6.64. The molecular formula is C14H16N4O2. The minimum atomic E-state index is -0.563. The molecule has 1 fully saturated rings. The van der Waals surface area contributed by atoms with Gasteiger partial charge in [-0.05, 0) is 25.0 Å². The molecular weight excluding hydrogens is 256 g/mol. The first-order valence-electron chi connectivity index (χ1n) is 6.64. The van der Waals surface area contributed by atoms with Crippen LogP contribution in [-0.2, 0) is 0 Å². The molecule has 1 aliphatic heterocycles. The lowest BCUT2D eigenvalue weighted by atomic mass is 10.3. The second-order valence-corrected chi connectivity index (χ2v) is 4.77. The Hall–Kier alpha value is -2.34. The summed E-state index contributed by atoms with van der Waals surface area (Å²) in [4.78, 5) is 13.9. The molecule has 0 radical (unpaired) electrons. The number of carbonyl (C=O) groups is 1. The zero-order valence-corrected chi connectivity index (χ0v) is 11.0. The van der Waals surface area contributed by atoms with Gasteiger partial charge in [-0.3, -0.25) is 10.0 Å². The van der Waals surface area contributed by atoms with E-state index in [2.05, 4.69) is 10.00 Å². The Morgan fingerprint density at radius 1 is 1.20 bits per heavy atom. The first kappa shape index (κ1) is 12.7. The van der Waals surface area contributed by atoms with Crippen LogP contribution in [0.3, 0.4) is 0 Å². The van der Waals surface area contributed by atoms with Crippen LogP contribution in [0.4, 0.5) is 5.82 Å². The van der Waals surface area contributed by atoms with E-state index in [0.29, 0.717) is 5.69 Å². The van der Waals surface area contributed by atoms with Gasteiger partial charge in [0.2, 0.25) is 0 Å². The Morgan fingerprint density at radius 3 is 2.55 bits per heavy atom. The molecule has 3 rings (SSSR count). The zero-order valence-electron chi connectivity index (χ0n) is 11.0. The van der Waals surface area contributed by atoms with Crippen molar-refractivity contribution in [3.8, 4) is 5.69 Å². The van der Waals surface area contributed by atoms with E-state index in [1.54, 1.807) is 16.2 Å². The van der Waals surface area contributed by atoms with Gasteiger partial charge in [0.15, 0.2) is 5.82 Å². The number of nitrogens with zero attached hydrogens (tertiary/aromatic N) is 3. The van der Waals surface area contributed by atoms with E-state index in [1.165, 1.54) is 0 Å². The molecule has 1 saturated heterocycles. The largest absolute Gasteiger partial charge is 0.355 e. The van der Waals surface area contributed by atoms with Crippen LogP contribution in [0.5, 0.6) is 0 Å². The van der Waals surface area contributed by atoms with Gasteiger partial charge < -0.3 is 4.90 Å². The highest BCUT2D eigenvalue weighted by atomic mass is 16.5. The van der Waals surface area contributed by atoms with Gasteiger partial charge >= 0.3 is 0 Å². The van der Waals surface area contributed by atoms with Gasteiger partial charge in [0, 0.05) is 19.2 Å². The van der Waals surface area contributed by atoms with Gasteiger partial charge in [0.1, 0.15) is 5.69 Å². The molecule has 0 atom stereocenters. The van der Waals surface area contributed by atoms with E-state index in [4.69, 9.17) is 5.21 Å². The van der Waals surface area contributed by atoms with E-state index in [0.717, 1.165) is 37.4 Å². The van der Waals surface area contributed by atoms with Crippen molar-refractivity contribution in [1.29, 1.82) is 0 Å². The molecule has 1 aromatic carbocycles. The maximum Gasteiger partial charge on any atom is 0.293 e. The smallest absolute Gasteiger partial charge is 0.293 e. The predicted molar refractivity (Wildman–Crippen MR) is 74.3 cm³/mol. The van der Waals surface area contributed by atoms with Crippen molar-refractivity contribution in [3.05, 3.63) is 42.1 Å². The van der Waals surface area contributed by atoms with Gasteiger partial charge in [-0.25, -0.2) is 10.2 Å². The number of aromatic nitrogens is 2. The third-order valence-corrected chi connectivity index (χ3v) is 3.46. The third kappa shape index (κ3) is 2.25. The molecule has 0 unspecified atom stereocenters. The van der Waals surface area contributed by atoms with E-state index in [9.17, 15) is 4.79 Å². The fraction of sp³-hybridized carbons (Fsp3) is 0.286. The normalized spacial score (nSPS) is 14.6. The van der Waals surface area contributed by atoms with Crippen LogP contribution in [0.2, 0.25) is 0 Å². The Bertz CT molecular complexity index is 603. The number of benzene rings is 1. The van der Waals surface area contributed by atoms with Crippen molar-refractivity contribution in [2.24, 2.45) is 0 Å². The van der Waals surface area contributed by atoms with Crippen LogP contribution in [0, 0.1) is 0 Å². The summed E-state index contributed by atoms with van der Waals surface area (Å²) in [5, 5.41) is 13.4. The molecule has 0 bridgehead atoms. The lowest BCUT2D eigenvalue weighted by Gasteiger charge is -2.12. The van der Waals surface area contributed by atoms with Crippen LogP contribution >= 0.6 is 0 Å². The number of amides is 1. The summed E-state index contributed by atoms with van der Waals surface area (Å²) in [6.07, 6.45) is 2.28. The van der Waals surface area contributed by atoms with Crippen molar-refractivity contribution in [2.75, 3.05) is 18.0 Å². The van der Waals surface area contributed by atoms with E-state index < -0.39 is 5.91 Å². The first-order chi connectivity index (χ1) is 9.79. The summed E-state index contributed by atoms with van der Waals surface area (Å²) < 4.78 is 1.55. The molecule has 1 aliphatic rings. The number of carbonyl (C=O) groups excluding carboxylic acids is 1. The van der Waals surface area contributed by atoms with Crippen LogP contribution in [-0.4, -0.2) is 34.0 Å². The number of hydrogen-bond donors (Lipinski definition) is 2. The van der Waals surface area contributed by atoms with Crippen LogP contribution < -0.4 is 10.4 Å². The molecule has 1 amide bonds. The van der Waals surface area contributed by atoms with Gasteiger partial charge in [0.05, 0.1) is 5.69 Å². The molecule has 2 N–H and O–H groups in total. The molecule has 2 heterocycles. The van der Waals surface area contributed by atoms with Crippen molar-refractivity contribution in [1.82, 2.24) is 15.3 Å². The average molecular weight is 272 g/mol. The van der Waals surface area contributed by atoms with E-state index >= 15 is 0 Å². The number of hydroxylamine groups is 1. The lowest BCUT2D eigenvalue weighted by molar-refractivity contribution is 0.0697. The molecule has 20 heavy (non-hydrogen) atoms. The minimum Gasteiger partial charge on any atom is -0.355 e. The molecule has 6 nitrogen and oxygen atoms in total. The van der Waals surface area contributed by atoms with Crippen molar-refractivity contribution in [2.45, 2.75) is 12.8 Å². The number of para-hydroxylation sites is 1. The van der Waals surface area contributed by atoms with Crippen molar-refractivity contribution in [3.63, 3.8) is 0 Å². The summed E-state index contributed by atoms with van der Waals surface area (Å²) in [6, 6.07) is 11.1. The number of rotatable bonds is 3. The molecule has 104 valence electrons. The van der Waals surface area contributed by atoms with Gasteiger partial charge in [-0.15, -0.1) is 5.10 Å². The average Bonchev–Trinajstić information content (AvgIpc) is 3.16. The van der Waals surface area contributed by atoms with Crippen molar-refractivity contribution >= 4 is 11.7 Å². The summed E-state index contributed by atoms with van der Waals surface area (Å²) in [6.45, 7) is 1.90. The maximum absolute atomic E-state index is 11.8. The molecule has 1 aromatic heterocycles. The maximum atomic E-state index is 11.8. The fourth-order valence-corrected chi connectivity index (χ4v) is 2.45. The third-order valence-electron chi connectivity index (χ3n) is 3.46. The number of hydrogen-bond acceptors (Lipinski definition) is 4. The van der Waals surface area contributed by atoms with Crippen molar-refractivity contribution < 1.29 is 10.0 Å². The Kier molecular flexibility index (Phi) is 3.39. The Morgan fingerprint density at radius 2 is 1.90 bits per heavy atom. The van der Waals surface area contributed by atoms with E-state index in [-0.39, 0.29) is 0 Å². The molecule has 0 aliphatic carbocycles. The second-order valence-electron chi connectivity index (χ2n) is 4.77. The summed E-state index contributed by atoms with van der Waals surface area (Å²) >= 11 is 0. The van der Waals surface area contributed by atoms with Gasteiger partial charge in [-0.2, -0.15) is 0 Å². The van der Waals surface area contributed by atoms with Crippen LogP contribution in [0.15, 0.2) is 36.4 Å². The number of anilines is 1. The second kappa shape index (κ2) is 5.34. The minimum absolute atomic E-state index is 0.320. The van der Waals surface area contributed by atoms with Gasteiger partial charge in [-0.1, -0.05) is 18.2 Å². The van der Waals surface area contributed by atoms with Crippen LogP contribution in [0.1, 0.15) is 23.3 Å². The monoisotopic (exact) mass is 272 g/mol. The zero-order chi connectivity index (χ0) is 13.9. The predicted octanol–water partition coefficient (Wildman–Crippen LogP) is 1.59. The van der Waals surface area contributed by atoms with E-state index in [1.807, 2.05) is 30.3 Å². The molecule has 0 spiro atoms. The Labute approximate surface area is 116 Å². The highest BCUT2D eigenvalue weighted by Gasteiger charge is 2.21. The highest BCUT2D eigenvalue weighted by molar-refractivity contribution is 5.93. The highest BCUT2D eigenvalue weighted by Crippen LogP contribution is 2.22. The summed E-state index contributed by atoms with van der Waals surface area (Å²) in [7, 11) is 0. The fourth-order valence-electron chi connectivity index (χ4n) is 2.45. The summed E-state index contributed by atoms with van der Waals surface area (Å²) in [5.74, 6) is 0.205. The standard InChI is InChI=1S/C14H16N4O2/c19-14(16-20)12-10-13(17-8-4-5-9-17)15-18(12)11-6-2-1-3-7-11/h1-3,6-7,10,20H,4-5,8-9H2,(H,16,19). The lowest BCUT2D eigenvalue weighted by Crippen LogP contribution is -2.22. The molecule has 2 aromatic rings. The number of nitrogens with one attached hydrogen (secondary N) is 1. The van der Waals surface area contributed by atoms with Gasteiger partial charge in [0.25, 0.3) is 5.91 Å². The molecule has 6 heteroatoms. The Balaban J connectivity index is 2.04. The molecule has 0 saturated carbocycles. The quantitative estimate of drug-likeness (QED) is 0.657. The topological polar surface area (TPSA) is 70.4 Å². The SMILES string of the molecule is O=C(NO)c1cc(N2CCCC2)nn1-c1ccccc1. The van der Waals surface area contributed by atoms with Crippen LogP contribution in [0.25, 0.3) is 5.69 Å².